The molecule has 0 atom stereocenters. The van der Waals surface area contributed by atoms with Crippen molar-refractivity contribution >= 4 is 34.2 Å². The van der Waals surface area contributed by atoms with Crippen LogP contribution in [0.4, 0.5) is 5.00 Å². The van der Waals surface area contributed by atoms with Crippen molar-refractivity contribution in [2.75, 3.05) is 18.7 Å². The maximum atomic E-state index is 12.9. The number of amides is 1. The number of esters is 2. The lowest BCUT2D eigenvalue weighted by Crippen LogP contribution is -2.15. The van der Waals surface area contributed by atoms with E-state index < -0.39 is 17.8 Å². The second kappa shape index (κ2) is 9.74. The second-order valence-corrected chi connectivity index (χ2v) is 8.09. The van der Waals surface area contributed by atoms with Crippen LogP contribution < -0.4 is 14.8 Å². The maximum Gasteiger partial charge on any atom is 0.349 e. The lowest BCUT2D eigenvalue weighted by atomic mass is 10.1. The summed E-state index contributed by atoms with van der Waals surface area (Å²) in [6.07, 6.45) is 0. The summed E-state index contributed by atoms with van der Waals surface area (Å²) >= 11 is 0.969. The van der Waals surface area contributed by atoms with Crippen molar-refractivity contribution in [2.45, 2.75) is 20.5 Å². The Hall–Kier alpha value is -3.85. The lowest BCUT2D eigenvalue weighted by Gasteiger charge is -2.07. The number of hydrogen-bond acceptors (Lipinski definition) is 8. The third-order valence-corrected chi connectivity index (χ3v) is 6.07. The molecule has 0 saturated carbocycles. The van der Waals surface area contributed by atoms with Crippen LogP contribution in [-0.2, 0) is 16.1 Å². The Labute approximate surface area is 194 Å². The highest BCUT2D eigenvalue weighted by Gasteiger charge is 2.28. The van der Waals surface area contributed by atoms with E-state index in [1.54, 1.807) is 32.0 Å². The van der Waals surface area contributed by atoms with Crippen LogP contribution in [0.3, 0.4) is 0 Å². The van der Waals surface area contributed by atoms with Gasteiger partial charge in [0.1, 0.15) is 16.5 Å². The zero-order valence-corrected chi connectivity index (χ0v) is 18.8. The second-order valence-electron chi connectivity index (χ2n) is 7.06. The molecule has 2 aromatic carbocycles. The highest BCUT2D eigenvalue weighted by atomic mass is 32.1. The van der Waals surface area contributed by atoms with Crippen LogP contribution in [0.15, 0.2) is 48.5 Å². The number of thiophene rings is 1. The molecule has 0 unspecified atom stereocenters. The zero-order valence-electron chi connectivity index (χ0n) is 18.0. The molecule has 3 aromatic rings. The topological polar surface area (TPSA) is 100 Å². The quantitative estimate of drug-likeness (QED) is 0.508. The minimum Gasteiger partial charge on any atom is -0.462 e. The number of carbonyl (C=O) groups is 3. The summed E-state index contributed by atoms with van der Waals surface area (Å²) < 4.78 is 21.1. The molecule has 0 spiro atoms. The van der Waals surface area contributed by atoms with Crippen molar-refractivity contribution in [3.05, 3.63) is 75.7 Å². The van der Waals surface area contributed by atoms with Crippen LogP contribution >= 0.6 is 11.3 Å². The normalized spacial score (nSPS) is 11.7. The van der Waals surface area contributed by atoms with Crippen molar-refractivity contribution in [3.63, 3.8) is 0 Å². The van der Waals surface area contributed by atoms with Gasteiger partial charge in [0.05, 0.1) is 12.2 Å². The van der Waals surface area contributed by atoms with Crippen LogP contribution in [-0.4, -0.2) is 31.2 Å². The molecule has 0 aliphatic carbocycles. The molecule has 1 aliphatic heterocycles. The predicted octanol–water partition coefficient (Wildman–Crippen LogP) is 4.57. The molecule has 1 amide bonds. The summed E-state index contributed by atoms with van der Waals surface area (Å²) in [6.45, 7) is 3.63. The molecule has 0 bridgehead atoms. The lowest BCUT2D eigenvalue weighted by molar-refractivity contribution is 0.0477. The molecule has 2 heterocycles. The summed E-state index contributed by atoms with van der Waals surface area (Å²) in [5, 5.41) is 2.93. The molecule has 1 N–H and O–H groups in total. The number of carbonyl (C=O) groups excluding carboxylic acids is 3. The van der Waals surface area contributed by atoms with E-state index in [0.29, 0.717) is 22.6 Å². The van der Waals surface area contributed by atoms with Gasteiger partial charge in [-0.15, -0.1) is 11.3 Å². The highest BCUT2D eigenvalue weighted by Crippen LogP contribution is 2.36. The Kier molecular flexibility index (Phi) is 6.60. The SMILES string of the molecule is CCOC(=O)c1c(NC(=O)c2ccc3c(c2)OCO3)sc(C(=O)OCc2ccccc2)c1C. The van der Waals surface area contributed by atoms with E-state index in [-0.39, 0.29) is 35.4 Å². The minimum absolute atomic E-state index is 0.0879. The largest absolute Gasteiger partial charge is 0.462 e. The minimum atomic E-state index is -0.630. The molecular formula is C24H21NO7S. The van der Waals surface area contributed by atoms with Crippen molar-refractivity contribution in [1.82, 2.24) is 0 Å². The van der Waals surface area contributed by atoms with Crippen LogP contribution in [0.25, 0.3) is 0 Å². The van der Waals surface area contributed by atoms with Crippen molar-refractivity contribution in [3.8, 4) is 11.5 Å². The van der Waals surface area contributed by atoms with Crippen LogP contribution in [0.1, 0.15) is 48.4 Å². The fourth-order valence-corrected chi connectivity index (χ4v) is 4.33. The Bertz CT molecular complexity index is 1200. The van der Waals surface area contributed by atoms with Gasteiger partial charge in [-0.05, 0) is 43.2 Å². The van der Waals surface area contributed by atoms with E-state index in [4.69, 9.17) is 18.9 Å². The fourth-order valence-electron chi connectivity index (χ4n) is 3.25. The van der Waals surface area contributed by atoms with Gasteiger partial charge in [-0.25, -0.2) is 9.59 Å². The van der Waals surface area contributed by atoms with E-state index in [1.165, 1.54) is 0 Å². The third kappa shape index (κ3) is 4.83. The Morgan fingerprint density at radius 3 is 2.52 bits per heavy atom. The molecule has 1 aromatic heterocycles. The summed E-state index contributed by atoms with van der Waals surface area (Å²) in [4.78, 5) is 38.5. The van der Waals surface area contributed by atoms with Gasteiger partial charge in [0, 0.05) is 5.56 Å². The predicted molar refractivity (Wildman–Crippen MR) is 121 cm³/mol. The van der Waals surface area contributed by atoms with Crippen molar-refractivity contribution in [1.29, 1.82) is 0 Å². The van der Waals surface area contributed by atoms with E-state index in [1.807, 2.05) is 30.3 Å². The summed E-state index contributed by atoms with van der Waals surface area (Å²) in [7, 11) is 0. The van der Waals surface area contributed by atoms with E-state index in [0.717, 1.165) is 16.9 Å². The average Bonchev–Trinajstić information content (AvgIpc) is 3.42. The van der Waals surface area contributed by atoms with Gasteiger partial charge in [0.2, 0.25) is 6.79 Å². The van der Waals surface area contributed by atoms with Gasteiger partial charge in [-0.1, -0.05) is 30.3 Å². The summed E-state index contributed by atoms with van der Waals surface area (Å²) in [5.74, 6) is -0.677. The van der Waals surface area contributed by atoms with Gasteiger partial charge < -0.3 is 24.3 Å². The molecule has 0 radical (unpaired) electrons. The molecule has 4 rings (SSSR count). The monoisotopic (exact) mass is 467 g/mol. The standard InChI is InChI=1S/C24H21NO7S/c1-3-29-23(27)19-14(2)20(24(28)30-12-15-7-5-4-6-8-15)33-22(19)25-21(26)16-9-10-17-18(11-16)32-13-31-17/h4-11H,3,12-13H2,1-2H3,(H,25,26). The Balaban J connectivity index is 1.58. The molecule has 170 valence electrons. The molecule has 0 saturated heterocycles. The number of ether oxygens (including phenoxy) is 4. The molecule has 1 aliphatic rings. The number of anilines is 1. The van der Waals surface area contributed by atoms with Gasteiger partial charge >= 0.3 is 11.9 Å². The number of nitrogens with one attached hydrogen (secondary N) is 1. The molecule has 0 fully saturated rings. The maximum absolute atomic E-state index is 12.9. The Morgan fingerprint density at radius 1 is 1.00 bits per heavy atom. The molecule has 9 heteroatoms. The number of fused-ring (bicyclic) bond motifs is 1. The average molecular weight is 467 g/mol. The van der Waals surface area contributed by atoms with Gasteiger partial charge in [-0.3, -0.25) is 4.79 Å². The molecule has 8 nitrogen and oxygen atoms in total. The number of hydrogen-bond donors (Lipinski definition) is 1. The summed E-state index contributed by atoms with van der Waals surface area (Å²) in [5.41, 5.74) is 1.66. The van der Waals surface area contributed by atoms with Crippen molar-refractivity contribution < 1.29 is 33.3 Å². The first kappa shape index (κ1) is 22.3. The van der Waals surface area contributed by atoms with E-state index in [2.05, 4.69) is 5.32 Å². The van der Waals surface area contributed by atoms with Gasteiger partial charge in [0.15, 0.2) is 11.5 Å². The van der Waals surface area contributed by atoms with Crippen LogP contribution in [0, 0.1) is 6.92 Å². The van der Waals surface area contributed by atoms with Gasteiger partial charge in [0.25, 0.3) is 5.91 Å². The third-order valence-electron chi connectivity index (χ3n) is 4.89. The fraction of sp³-hybridized carbons (Fsp3) is 0.208. The molecule has 33 heavy (non-hydrogen) atoms. The first-order valence-electron chi connectivity index (χ1n) is 10.2. The first-order chi connectivity index (χ1) is 16.0. The van der Waals surface area contributed by atoms with E-state index in [9.17, 15) is 14.4 Å². The number of rotatable bonds is 7. The van der Waals surface area contributed by atoms with Crippen LogP contribution in [0.5, 0.6) is 11.5 Å². The van der Waals surface area contributed by atoms with E-state index >= 15 is 0 Å². The highest BCUT2D eigenvalue weighted by molar-refractivity contribution is 7.18. The number of benzene rings is 2. The van der Waals surface area contributed by atoms with Gasteiger partial charge in [-0.2, -0.15) is 0 Å². The summed E-state index contributed by atoms with van der Waals surface area (Å²) in [6, 6.07) is 14.0. The Morgan fingerprint density at radius 2 is 1.76 bits per heavy atom. The van der Waals surface area contributed by atoms with Crippen molar-refractivity contribution in [2.24, 2.45) is 0 Å². The zero-order chi connectivity index (χ0) is 23.4. The smallest absolute Gasteiger partial charge is 0.349 e. The molecular weight excluding hydrogens is 446 g/mol. The van der Waals surface area contributed by atoms with Crippen LogP contribution in [0.2, 0.25) is 0 Å². The first-order valence-corrected chi connectivity index (χ1v) is 11.0.